The van der Waals surface area contributed by atoms with E-state index in [1.807, 2.05) is 42.5 Å². The molecule has 1 aromatic carbocycles. The summed E-state index contributed by atoms with van der Waals surface area (Å²) >= 11 is 1.15. The Balaban J connectivity index is 1.96. The smallest absolute Gasteiger partial charge is 0.233 e. The summed E-state index contributed by atoms with van der Waals surface area (Å²) in [5, 5.41) is 20.9. The molecule has 3 N–H and O–H groups in total. The lowest BCUT2D eigenvalue weighted by Crippen LogP contribution is -2.32. The van der Waals surface area contributed by atoms with Gasteiger partial charge in [-0.1, -0.05) is 42.1 Å². The van der Waals surface area contributed by atoms with E-state index in [1.165, 1.54) is 6.07 Å². The molecule has 25 heavy (non-hydrogen) atoms. The SMILES string of the molecule is C[C@H](Sc1nc(N)c(C#N)cc1C#N)C(=O)NCCc1ccccc1. The number of carbonyl (C=O) groups is 1. The minimum atomic E-state index is -0.442. The number of nitrogens with one attached hydrogen (secondary N) is 1. The fourth-order valence-corrected chi connectivity index (χ4v) is 3.02. The largest absolute Gasteiger partial charge is 0.383 e. The van der Waals surface area contributed by atoms with Gasteiger partial charge in [-0.05, 0) is 25.0 Å². The summed E-state index contributed by atoms with van der Waals surface area (Å²) in [7, 11) is 0. The molecule has 1 atom stereocenters. The van der Waals surface area contributed by atoms with E-state index in [2.05, 4.69) is 10.3 Å². The van der Waals surface area contributed by atoms with Gasteiger partial charge in [0.05, 0.1) is 16.4 Å². The number of amides is 1. The lowest BCUT2D eigenvalue weighted by Gasteiger charge is -2.13. The molecule has 0 bridgehead atoms. The zero-order valence-electron chi connectivity index (χ0n) is 13.7. The van der Waals surface area contributed by atoms with Crippen LogP contribution in [0.25, 0.3) is 0 Å². The second kappa shape index (κ2) is 8.72. The average molecular weight is 351 g/mol. The van der Waals surface area contributed by atoms with Crippen LogP contribution in [-0.4, -0.2) is 22.7 Å². The predicted octanol–water partition coefficient (Wildman–Crippen LogP) is 2.25. The lowest BCUT2D eigenvalue weighted by atomic mass is 10.1. The van der Waals surface area contributed by atoms with Crippen LogP contribution in [0.3, 0.4) is 0 Å². The third kappa shape index (κ3) is 4.97. The third-order valence-corrected chi connectivity index (χ3v) is 4.57. The van der Waals surface area contributed by atoms with Crippen LogP contribution in [0.1, 0.15) is 23.6 Å². The Morgan fingerprint density at radius 3 is 2.60 bits per heavy atom. The number of rotatable bonds is 6. The van der Waals surface area contributed by atoms with Gasteiger partial charge in [-0.3, -0.25) is 4.79 Å². The van der Waals surface area contributed by atoms with E-state index in [0.29, 0.717) is 11.6 Å². The Morgan fingerprint density at radius 2 is 1.96 bits per heavy atom. The minimum Gasteiger partial charge on any atom is -0.383 e. The molecular weight excluding hydrogens is 334 g/mol. The van der Waals surface area contributed by atoms with Crippen molar-refractivity contribution in [3.63, 3.8) is 0 Å². The number of carbonyl (C=O) groups excluding carboxylic acids is 1. The summed E-state index contributed by atoms with van der Waals surface area (Å²) < 4.78 is 0. The number of nitrogens with zero attached hydrogens (tertiary/aromatic N) is 3. The highest BCUT2D eigenvalue weighted by Gasteiger charge is 2.18. The molecular formula is C18H17N5OS. The Kier molecular flexibility index (Phi) is 6.39. The topological polar surface area (TPSA) is 116 Å². The highest BCUT2D eigenvalue weighted by Crippen LogP contribution is 2.27. The molecule has 0 fully saturated rings. The molecule has 2 aromatic rings. The van der Waals surface area contributed by atoms with Crippen molar-refractivity contribution >= 4 is 23.5 Å². The van der Waals surface area contributed by atoms with Gasteiger partial charge in [0.2, 0.25) is 5.91 Å². The Bertz CT molecular complexity index is 839. The molecule has 0 aliphatic carbocycles. The maximum Gasteiger partial charge on any atom is 0.233 e. The van der Waals surface area contributed by atoms with Gasteiger partial charge in [0.1, 0.15) is 23.0 Å². The first-order chi connectivity index (χ1) is 12.0. The number of thioether (sulfide) groups is 1. The first-order valence-electron chi connectivity index (χ1n) is 7.64. The number of hydrogen-bond donors (Lipinski definition) is 2. The number of nitrogen functional groups attached to an aromatic ring is 1. The molecule has 1 aromatic heterocycles. The van der Waals surface area contributed by atoms with Gasteiger partial charge < -0.3 is 11.1 Å². The zero-order valence-corrected chi connectivity index (χ0v) is 14.5. The first-order valence-corrected chi connectivity index (χ1v) is 8.52. The molecule has 1 heterocycles. The number of aromatic nitrogens is 1. The van der Waals surface area contributed by atoms with Gasteiger partial charge >= 0.3 is 0 Å². The average Bonchev–Trinajstić information content (AvgIpc) is 2.62. The van der Waals surface area contributed by atoms with E-state index < -0.39 is 5.25 Å². The van der Waals surface area contributed by atoms with Crippen molar-refractivity contribution in [2.24, 2.45) is 0 Å². The second-order valence-electron chi connectivity index (χ2n) is 5.28. The molecule has 0 radical (unpaired) electrons. The Hall–Kier alpha value is -3.03. The fourth-order valence-electron chi connectivity index (χ4n) is 2.11. The van der Waals surface area contributed by atoms with Crippen molar-refractivity contribution < 1.29 is 4.79 Å². The standard InChI is InChI=1S/C18H17N5OS/c1-12(17(24)22-8-7-13-5-3-2-4-6-13)25-18-15(11-20)9-14(10-19)16(21)23-18/h2-6,9,12H,7-8H2,1H3,(H2,21,23)(H,22,24)/t12-/m0/s1. The van der Waals surface area contributed by atoms with Gasteiger partial charge in [-0.25, -0.2) is 4.98 Å². The number of nitriles is 2. The van der Waals surface area contributed by atoms with E-state index in [0.717, 1.165) is 23.7 Å². The Labute approximate surface area is 150 Å². The number of nitrogens with two attached hydrogens (primary N) is 1. The van der Waals surface area contributed by atoms with Gasteiger partial charge in [0.15, 0.2) is 0 Å². The summed E-state index contributed by atoms with van der Waals surface area (Å²) in [6, 6.07) is 15.1. The van der Waals surface area contributed by atoms with Crippen molar-refractivity contribution in [1.29, 1.82) is 10.5 Å². The van der Waals surface area contributed by atoms with Crippen molar-refractivity contribution in [1.82, 2.24) is 10.3 Å². The summed E-state index contributed by atoms with van der Waals surface area (Å²) in [5.74, 6) is -0.0877. The van der Waals surface area contributed by atoms with Crippen LogP contribution in [0.5, 0.6) is 0 Å². The fraction of sp³-hybridized carbons (Fsp3) is 0.222. The normalized spacial score (nSPS) is 11.2. The maximum atomic E-state index is 12.2. The summed E-state index contributed by atoms with van der Waals surface area (Å²) in [4.78, 5) is 16.3. The molecule has 0 unspecified atom stereocenters. The Morgan fingerprint density at radius 1 is 1.28 bits per heavy atom. The van der Waals surface area contributed by atoms with E-state index in [9.17, 15) is 10.1 Å². The van der Waals surface area contributed by atoms with Gasteiger partial charge in [-0.2, -0.15) is 10.5 Å². The van der Waals surface area contributed by atoms with Crippen LogP contribution >= 0.6 is 11.8 Å². The van der Waals surface area contributed by atoms with Crippen LogP contribution < -0.4 is 11.1 Å². The van der Waals surface area contributed by atoms with E-state index in [4.69, 9.17) is 11.0 Å². The number of anilines is 1. The predicted molar refractivity (Wildman–Crippen MR) is 96.6 cm³/mol. The molecule has 0 aliphatic rings. The quantitative estimate of drug-likeness (QED) is 0.771. The van der Waals surface area contributed by atoms with Crippen molar-refractivity contribution in [3.05, 3.63) is 53.1 Å². The molecule has 0 spiro atoms. The van der Waals surface area contributed by atoms with Gasteiger partial charge in [-0.15, -0.1) is 0 Å². The molecule has 7 heteroatoms. The highest BCUT2D eigenvalue weighted by molar-refractivity contribution is 8.00. The molecule has 0 saturated heterocycles. The van der Waals surface area contributed by atoms with Crippen molar-refractivity contribution in [3.8, 4) is 12.1 Å². The van der Waals surface area contributed by atoms with E-state index in [1.54, 1.807) is 6.92 Å². The van der Waals surface area contributed by atoms with Crippen LogP contribution in [0.15, 0.2) is 41.4 Å². The minimum absolute atomic E-state index is 0.0562. The van der Waals surface area contributed by atoms with Crippen molar-refractivity contribution in [2.45, 2.75) is 23.6 Å². The zero-order chi connectivity index (χ0) is 18.2. The van der Waals surface area contributed by atoms with Crippen molar-refractivity contribution in [2.75, 3.05) is 12.3 Å². The third-order valence-electron chi connectivity index (χ3n) is 3.47. The summed E-state index contributed by atoms with van der Waals surface area (Å²) in [5.41, 5.74) is 7.23. The molecule has 1 amide bonds. The van der Waals surface area contributed by atoms with Crippen LogP contribution in [0, 0.1) is 22.7 Å². The van der Waals surface area contributed by atoms with Crippen LogP contribution in [-0.2, 0) is 11.2 Å². The van der Waals surface area contributed by atoms with Crippen LogP contribution in [0.2, 0.25) is 0 Å². The molecule has 2 rings (SSSR count). The summed E-state index contributed by atoms with van der Waals surface area (Å²) in [6.07, 6.45) is 0.746. The second-order valence-corrected chi connectivity index (χ2v) is 6.61. The van der Waals surface area contributed by atoms with E-state index >= 15 is 0 Å². The molecule has 6 nitrogen and oxygen atoms in total. The van der Waals surface area contributed by atoms with Gasteiger partial charge in [0, 0.05) is 6.54 Å². The molecule has 126 valence electrons. The van der Waals surface area contributed by atoms with Crippen LogP contribution in [0.4, 0.5) is 5.82 Å². The monoisotopic (exact) mass is 351 g/mol. The molecule has 0 aliphatic heterocycles. The molecule has 0 saturated carbocycles. The lowest BCUT2D eigenvalue weighted by molar-refractivity contribution is -0.120. The van der Waals surface area contributed by atoms with Gasteiger partial charge in [0.25, 0.3) is 0 Å². The maximum absolute atomic E-state index is 12.2. The number of hydrogen-bond acceptors (Lipinski definition) is 6. The van der Waals surface area contributed by atoms with E-state index in [-0.39, 0.29) is 22.9 Å². The first kappa shape index (κ1) is 18.3. The highest BCUT2D eigenvalue weighted by atomic mass is 32.2. The number of pyridine rings is 1. The summed E-state index contributed by atoms with van der Waals surface area (Å²) in [6.45, 7) is 2.27. The number of benzene rings is 1.